The molecule has 2 aromatic rings. The van der Waals surface area contributed by atoms with Crippen molar-refractivity contribution in [2.45, 2.75) is 6.92 Å². The number of methoxy groups -OCH3 is 1. The predicted molar refractivity (Wildman–Crippen MR) is 101 cm³/mol. The Morgan fingerprint density at radius 2 is 1.93 bits per heavy atom. The van der Waals surface area contributed by atoms with Gasteiger partial charge in [0, 0.05) is 11.6 Å². The number of phenolic OH excluding ortho intramolecular Hbond substituents is 1. The summed E-state index contributed by atoms with van der Waals surface area (Å²) in [6.07, 6.45) is 0.970. The van der Waals surface area contributed by atoms with E-state index in [1.165, 1.54) is 13.2 Å². The van der Waals surface area contributed by atoms with Gasteiger partial charge in [-0.05, 0) is 30.7 Å². The summed E-state index contributed by atoms with van der Waals surface area (Å²) in [5.74, 6) is -2.63. The number of nitrogens with one attached hydrogen (secondary N) is 1. The summed E-state index contributed by atoms with van der Waals surface area (Å²) in [5.41, 5.74) is -0.0582. The van der Waals surface area contributed by atoms with Crippen LogP contribution in [0.3, 0.4) is 0 Å². The number of phenols is 1. The lowest BCUT2D eigenvalue weighted by molar-refractivity contribution is -0.385. The monoisotopic (exact) mass is 397 g/mol. The van der Waals surface area contributed by atoms with Crippen molar-refractivity contribution in [3.05, 3.63) is 63.2 Å². The molecular formula is C19H15N3O7. The highest BCUT2D eigenvalue weighted by Gasteiger charge is 2.37. The van der Waals surface area contributed by atoms with E-state index in [4.69, 9.17) is 4.74 Å². The van der Waals surface area contributed by atoms with Crippen LogP contribution in [0, 0.1) is 17.0 Å². The number of urea groups is 1. The van der Waals surface area contributed by atoms with E-state index in [9.17, 15) is 29.6 Å². The molecule has 0 radical (unpaired) electrons. The molecule has 4 amide bonds. The van der Waals surface area contributed by atoms with E-state index >= 15 is 0 Å². The molecule has 0 saturated carbocycles. The molecule has 2 N–H and O–H groups in total. The van der Waals surface area contributed by atoms with Gasteiger partial charge in [0.25, 0.3) is 17.5 Å². The number of ether oxygens (including phenoxy) is 1. The maximum absolute atomic E-state index is 12.9. The predicted octanol–water partition coefficient (Wildman–Crippen LogP) is 2.28. The van der Waals surface area contributed by atoms with Crippen LogP contribution in [0.2, 0.25) is 0 Å². The second-order valence-electron chi connectivity index (χ2n) is 6.14. The number of aromatic hydroxyl groups is 1. The molecule has 0 aromatic heterocycles. The number of anilines is 1. The van der Waals surface area contributed by atoms with E-state index in [2.05, 4.69) is 0 Å². The number of nitrogens with zero attached hydrogens (tertiary/aromatic N) is 2. The number of amides is 4. The maximum Gasteiger partial charge on any atom is 0.335 e. The van der Waals surface area contributed by atoms with Gasteiger partial charge >= 0.3 is 6.03 Å². The number of benzene rings is 2. The number of rotatable bonds is 4. The van der Waals surface area contributed by atoms with Crippen LogP contribution in [0.4, 0.5) is 16.2 Å². The van der Waals surface area contributed by atoms with E-state index in [-0.39, 0.29) is 17.0 Å². The van der Waals surface area contributed by atoms with Crippen LogP contribution >= 0.6 is 0 Å². The summed E-state index contributed by atoms with van der Waals surface area (Å²) in [7, 11) is 1.20. The van der Waals surface area contributed by atoms with Crippen molar-refractivity contribution < 1.29 is 29.2 Å². The van der Waals surface area contributed by atoms with Gasteiger partial charge < -0.3 is 9.84 Å². The van der Waals surface area contributed by atoms with Crippen molar-refractivity contribution in [3.63, 3.8) is 0 Å². The highest BCUT2D eigenvalue weighted by Crippen LogP contribution is 2.36. The van der Waals surface area contributed by atoms with Crippen LogP contribution in [0.25, 0.3) is 6.08 Å². The van der Waals surface area contributed by atoms with Gasteiger partial charge in [-0.2, -0.15) is 0 Å². The molecule has 1 fully saturated rings. The Morgan fingerprint density at radius 1 is 1.21 bits per heavy atom. The summed E-state index contributed by atoms with van der Waals surface area (Å²) in [4.78, 5) is 48.5. The van der Waals surface area contributed by atoms with Gasteiger partial charge in [0.2, 0.25) is 0 Å². The second kappa shape index (κ2) is 7.43. The summed E-state index contributed by atoms with van der Waals surface area (Å²) >= 11 is 0. The molecule has 29 heavy (non-hydrogen) atoms. The Morgan fingerprint density at radius 3 is 2.55 bits per heavy atom. The van der Waals surface area contributed by atoms with Crippen molar-refractivity contribution in [1.82, 2.24) is 5.32 Å². The number of nitro benzene ring substituents is 1. The number of barbiturate groups is 1. The maximum atomic E-state index is 12.9. The van der Waals surface area contributed by atoms with Gasteiger partial charge in [-0.1, -0.05) is 12.1 Å². The average Bonchev–Trinajstić information content (AvgIpc) is 2.66. The summed E-state index contributed by atoms with van der Waals surface area (Å²) in [5, 5.41) is 23.4. The molecule has 10 heteroatoms. The Labute approximate surface area is 164 Å². The van der Waals surface area contributed by atoms with Gasteiger partial charge in [-0.3, -0.25) is 25.0 Å². The smallest absolute Gasteiger partial charge is 0.335 e. The van der Waals surface area contributed by atoms with Crippen LogP contribution in [0.5, 0.6) is 11.5 Å². The van der Waals surface area contributed by atoms with E-state index in [1.807, 2.05) is 5.32 Å². The molecular weight excluding hydrogens is 382 g/mol. The number of non-ortho nitro benzene ring substituents is 1. The highest BCUT2D eigenvalue weighted by atomic mass is 16.6. The molecule has 148 valence electrons. The first-order valence-electron chi connectivity index (χ1n) is 8.26. The Kier molecular flexibility index (Phi) is 5.01. The van der Waals surface area contributed by atoms with Gasteiger partial charge in [-0.25, -0.2) is 9.69 Å². The van der Waals surface area contributed by atoms with Crippen molar-refractivity contribution in [2.75, 3.05) is 12.0 Å². The van der Waals surface area contributed by atoms with E-state index in [0.717, 1.165) is 28.7 Å². The van der Waals surface area contributed by atoms with Crippen LogP contribution in [-0.2, 0) is 9.59 Å². The number of imide groups is 2. The molecule has 3 rings (SSSR count). The third kappa shape index (κ3) is 3.63. The molecule has 10 nitrogen and oxygen atoms in total. The fourth-order valence-corrected chi connectivity index (χ4v) is 2.80. The second-order valence-corrected chi connectivity index (χ2v) is 6.14. The lowest BCUT2D eigenvalue weighted by Crippen LogP contribution is -2.54. The largest absolute Gasteiger partial charge is 0.504 e. The van der Waals surface area contributed by atoms with Crippen LogP contribution in [0.1, 0.15) is 11.1 Å². The number of carbonyl (C=O) groups is 3. The van der Waals surface area contributed by atoms with E-state index in [1.54, 1.807) is 25.1 Å². The fraction of sp³-hybridized carbons (Fsp3) is 0.105. The zero-order valence-corrected chi connectivity index (χ0v) is 15.3. The Hall–Kier alpha value is -4.21. The first-order valence-corrected chi connectivity index (χ1v) is 8.26. The highest BCUT2D eigenvalue weighted by molar-refractivity contribution is 6.39. The lowest BCUT2D eigenvalue weighted by Gasteiger charge is -2.26. The molecule has 0 unspecified atom stereocenters. The molecule has 0 atom stereocenters. The standard InChI is InChI=1S/C19H15N3O7/c1-10-4-3-5-12(6-10)21-18(25)14(17(24)20-19(21)26)8-11-7-13(22(27)28)9-15(29-2)16(11)23/h3-9,23H,1-2H3,(H,20,24,26)/b14-8+. The van der Waals surface area contributed by atoms with Gasteiger partial charge in [0.05, 0.1) is 23.8 Å². The SMILES string of the molecule is COc1cc([N+](=O)[O-])cc(/C=C2\C(=O)NC(=O)N(c3cccc(C)c3)C2=O)c1O. The summed E-state index contributed by atoms with van der Waals surface area (Å²) < 4.78 is 4.91. The molecule has 0 bridgehead atoms. The van der Waals surface area contributed by atoms with Crippen molar-refractivity contribution >= 4 is 35.3 Å². The first-order chi connectivity index (χ1) is 13.7. The molecule has 0 spiro atoms. The van der Waals surface area contributed by atoms with Crippen molar-refractivity contribution in [1.29, 1.82) is 0 Å². The third-order valence-electron chi connectivity index (χ3n) is 4.18. The molecule has 1 heterocycles. The van der Waals surface area contributed by atoms with Crippen LogP contribution in [-0.4, -0.2) is 35.0 Å². The zero-order chi connectivity index (χ0) is 21.3. The zero-order valence-electron chi connectivity index (χ0n) is 15.3. The van der Waals surface area contributed by atoms with Crippen LogP contribution in [0.15, 0.2) is 42.0 Å². The minimum absolute atomic E-state index is 0.187. The first kappa shape index (κ1) is 19.5. The van der Waals surface area contributed by atoms with E-state index < -0.39 is 39.8 Å². The minimum Gasteiger partial charge on any atom is -0.504 e. The number of hydrogen-bond donors (Lipinski definition) is 2. The fourth-order valence-electron chi connectivity index (χ4n) is 2.80. The van der Waals surface area contributed by atoms with Crippen molar-refractivity contribution in [2.24, 2.45) is 0 Å². The number of hydrogen-bond acceptors (Lipinski definition) is 7. The third-order valence-corrected chi connectivity index (χ3v) is 4.18. The molecule has 1 saturated heterocycles. The lowest BCUT2D eigenvalue weighted by atomic mass is 10.0. The Balaban J connectivity index is 2.12. The summed E-state index contributed by atoms with van der Waals surface area (Å²) in [6, 6.07) is 7.57. The van der Waals surface area contributed by atoms with Crippen LogP contribution < -0.4 is 15.0 Å². The summed E-state index contributed by atoms with van der Waals surface area (Å²) in [6.45, 7) is 1.77. The topological polar surface area (TPSA) is 139 Å². The average molecular weight is 397 g/mol. The van der Waals surface area contributed by atoms with Gasteiger partial charge in [-0.15, -0.1) is 0 Å². The van der Waals surface area contributed by atoms with Gasteiger partial charge in [0.15, 0.2) is 11.5 Å². The molecule has 1 aliphatic heterocycles. The van der Waals surface area contributed by atoms with E-state index in [0.29, 0.717) is 0 Å². The van der Waals surface area contributed by atoms with Gasteiger partial charge in [0.1, 0.15) is 5.57 Å². The number of nitro groups is 1. The number of aryl methyl sites for hydroxylation is 1. The molecule has 0 aliphatic carbocycles. The molecule has 1 aliphatic rings. The minimum atomic E-state index is -0.992. The molecule has 2 aromatic carbocycles. The van der Waals surface area contributed by atoms with Crippen molar-refractivity contribution in [3.8, 4) is 11.5 Å². The normalized spacial score (nSPS) is 15.4. The quantitative estimate of drug-likeness (QED) is 0.349. The Bertz CT molecular complexity index is 1090. The number of carbonyl (C=O) groups excluding carboxylic acids is 3.